The topological polar surface area (TPSA) is 54.9 Å². The van der Waals surface area contributed by atoms with Crippen molar-refractivity contribution in [1.29, 1.82) is 0 Å². The lowest BCUT2D eigenvalue weighted by molar-refractivity contribution is -0.727. The number of hydrogen-bond acceptors (Lipinski definition) is 2. The van der Waals surface area contributed by atoms with Gasteiger partial charge in [-0.3, -0.25) is 4.79 Å². The molecule has 3 rings (SSSR count). The molecule has 0 bridgehead atoms. The maximum atomic E-state index is 13.5. The first-order valence-electron chi connectivity index (χ1n) is 10.4. The van der Waals surface area contributed by atoms with Gasteiger partial charge in [0.2, 0.25) is 0 Å². The minimum Gasteiger partial charge on any atom is -0.495 e. The summed E-state index contributed by atoms with van der Waals surface area (Å²) in [6.07, 6.45) is 0. The van der Waals surface area contributed by atoms with E-state index in [1.165, 1.54) is 5.56 Å². The van der Waals surface area contributed by atoms with Gasteiger partial charge in [-0.15, -0.1) is 0 Å². The number of anilines is 1. The van der Waals surface area contributed by atoms with Crippen LogP contribution in [-0.4, -0.2) is 13.0 Å². The number of carbonyl (C=O) groups excluding carboxylic acids is 1. The molecule has 30 heavy (non-hydrogen) atoms. The second kappa shape index (κ2) is 10.1. The van der Waals surface area contributed by atoms with E-state index in [4.69, 9.17) is 4.74 Å². The predicted octanol–water partition coefficient (Wildman–Crippen LogP) is 4.64. The van der Waals surface area contributed by atoms with Crippen LogP contribution in [0.1, 0.15) is 42.6 Å². The number of hydrogen-bond donors (Lipinski definition) is 2. The average Bonchev–Trinajstić information content (AvgIpc) is 2.75. The van der Waals surface area contributed by atoms with E-state index in [1.54, 1.807) is 7.11 Å². The lowest BCUT2D eigenvalue weighted by Crippen LogP contribution is -2.89. The Hall–Kier alpha value is -3.11. The molecule has 0 saturated carbocycles. The molecule has 0 heterocycles. The fourth-order valence-corrected chi connectivity index (χ4v) is 3.74. The SMILES string of the molecule is COc1ccc(C)cc1NC(=O)[C@@H]([NH2+][C@@H](c1ccccc1)C(C)C)c1ccccc1. The normalized spacial score (nSPS) is 13.0. The van der Waals surface area contributed by atoms with Crippen LogP contribution < -0.4 is 15.4 Å². The van der Waals surface area contributed by atoms with Crippen LogP contribution in [0, 0.1) is 12.8 Å². The summed E-state index contributed by atoms with van der Waals surface area (Å²) in [5, 5.41) is 5.27. The van der Waals surface area contributed by atoms with E-state index < -0.39 is 0 Å². The minimum absolute atomic E-state index is 0.0633. The summed E-state index contributed by atoms with van der Waals surface area (Å²) in [5.41, 5.74) is 3.95. The average molecular weight is 404 g/mol. The molecular formula is C26H31N2O2+. The highest BCUT2D eigenvalue weighted by molar-refractivity contribution is 5.95. The number of carbonyl (C=O) groups is 1. The lowest BCUT2D eigenvalue weighted by atomic mass is 9.93. The Bertz CT molecular complexity index is 955. The molecule has 0 fully saturated rings. The van der Waals surface area contributed by atoms with Gasteiger partial charge in [-0.25, -0.2) is 0 Å². The second-order valence-corrected chi connectivity index (χ2v) is 7.95. The van der Waals surface area contributed by atoms with E-state index in [0.29, 0.717) is 17.4 Å². The van der Waals surface area contributed by atoms with E-state index in [0.717, 1.165) is 11.1 Å². The van der Waals surface area contributed by atoms with Gasteiger partial charge in [-0.1, -0.05) is 80.6 Å². The van der Waals surface area contributed by atoms with Gasteiger partial charge in [-0.05, 0) is 24.6 Å². The van der Waals surface area contributed by atoms with Crippen LogP contribution in [0.5, 0.6) is 5.75 Å². The number of benzene rings is 3. The highest BCUT2D eigenvalue weighted by Crippen LogP contribution is 2.27. The molecule has 0 radical (unpaired) electrons. The molecular weight excluding hydrogens is 372 g/mol. The maximum Gasteiger partial charge on any atom is 0.287 e. The van der Waals surface area contributed by atoms with Gasteiger partial charge < -0.3 is 15.4 Å². The van der Waals surface area contributed by atoms with E-state index in [1.807, 2.05) is 73.7 Å². The summed E-state index contributed by atoms with van der Waals surface area (Å²) < 4.78 is 5.45. The van der Waals surface area contributed by atoms with Crippen molar-refractivity contribution in [3.05, 3.63) is 95.6 Å². The smallest absolute Gasteiger partial charge is 0.287 e. The monoisotopic (exact) mass is 403 g/mol. The molecule has 0 spiro atoms. The highest BCUT2D eigenvalue weighted by Gasteiger charge is 2.31. The van der Waals surface area contributed by atoms with Gasteiger partial charge in [0.15, 0.2) is 6.04 Å². The first-order valence-corrected chi connectivity index (χ1v) is 10.4. The quantitative estimate of drug-likeness (QED) is 0.575. The van der Waals surface area contributed by atoms with Crippen LogP contribution in [0.15, 0.2) is 78.9 Å². The van der Waals surface area contributed by atoms with Crippen LogP contribution in [-0.2, 0) is 4.79 Å². The first kappa shape index (κ1) is 21.6. The lowest BCUT2D eigenvalue weighted by Gasteiger charge is -2.25. The second-order valence-electron chi connectivity index (χ2n) is 7.95. The molecule has 3 N–H and O–H groups in total. The van der Waals surface area contributed by atoms with Crippen LogP contribution in [0.2, 0.25) is 0 Å². The zero-order valence-corrected chi connectivity index (χ0v) is 18.1. The summed E-state index contributed by atoms with van der Waals surface area (Å²) >= 11 is 0. The van der Waals surface area contributed by atoms with Crippen molar-refractivity contribution >= 4 is 11.6 Å². The van der Waals surface area contributed by atoms with E-state index in [9.17, 15) is 4.79 Å². The number of quaternary nitrogens is 1. The van der Waals surface area contributed by atoms with Gasteiger partial charge in [0.1, 0.15) is 11.8 Å². The molecule has 1 amide bonds. The van der Waals surface area contributed by atoms with Crippen LogP contribution in [0.3, 0.4) is 0 Å². The van der Waals surface area contributed by atoms with Gasteiger partial charge in [0.05, 0.1) is 12.8 Å². The van der Waals surface area contributed by atoms with Crippen molar-refractivity contribution in [2.24, 2.45) is 5.92 Å². The Labute approximate surface area is 179 Å². The standard InChI is InChI=1S/C26H30N2O2/c1-18(2)24(20-11-7-5-8-12-20)28-25(21-13-9-6-10-14-21)26(29)27-22-17-19(3)15-16-23(22)30-4/h5-18,24-25,28H,1-4H3,(H,27,29)/p+1/t24-,25+/m1/s1. The number of rotatable bonds is 8. The van der Waals surface area contributed by atoms with E-state index >= 15 is 0 Å². The summed E-state index contributed by atoms with van der Waals surface area (Å²) in [6, 6.07) is 25.9. The zero-order chi connectivity index (χ0) is 21.5. The van der Waals surface area contributed by atoms with Crippen molar-refractivity contribution in [2.75, 3.05) is 12.4 Å². The van der Waals surface area contributed by atoms with Gasteiger partial charge in [0.25, 0.3) is 5.91 Å². The third-order valence-corrected chi connectivity index (χ3v) is 5.36. The first-order chi connectivity index (χ1) is 14.5. The fraction of sp³-hybridized carbons (Fsp3) is 0.269. The maximum absolute atomic E-state index is 13.5. The van der Waals surface area contributed by atoms with Gasteiger partial charge in [-0.2, -0.15) is 0 Å². The number of amides is 1. The third-order valence-electron chi connectivity index (χ3n) is 5.36. The molecule has 2 atom stereocenters. The number of methoxy groups -OCH3 is 1. The number of aryl methyl sites for hydroxylation is 1. The Balaban J connectivity index is 1.93. The number of nitrogens with one attached hydrogen (secondary N) is 1. The van der Waals surface area contributed by atoms with Crippen molar-refractivity contribution in [1.82, 2.24) is 0 Å². The van der Waals surface area contributed by atoms with E-state index in [2.05, 4.69) is 36.6 Å². The van der Waals surface area contributed by atoms with Crippen molar-refractivity contribution in [2.45, 2.75) is 32.9 Å². The van der Waals surface area contributed by atoms with Crippen molar-refractivity contribution < 1.29 is 14.8 Å². The molecule has 0 aliphatic rings. The predicted molar refractivity (Wildman–Crippen MR) is 121 cm³/mol. The Morgan fingerprint density at radius 1 is 0.900 bits per heavy atom. The molecule has 0 aliphatic heterocycles. The van der Waals surface area contributed by atoms with E-state index in [-0.39, 0.29) is 18.0 Å². The molecule has 0 saturated heterocycles. The summed E-state index contributed by atoms with van der Waals surface area (Å²) in [7, 11) is 1.62. The minimum atomic E-state index is -0.385. The van der Waals surface area contributed by atoms with Crippen LogP contribution in [0.4, 0.5) is 5.69 Å². The molecule has 0 aliphatic carbocycles. The largest absolute Gasteiger partial charge is 0.495 e. The highest BCUT2D eigenvalue weighted by atomic mass is 16.5. The molecule has 4 nitrogen and oxygen atoms in total. The summed E-state index contributed by atoms with van der Waals surface area (Å²) in [6.45, 7) is 6.38. The molecule has 3 aromatic carbocycles. The molecule has 0 aromatic heterocycles. The number of nitrogens with two attached hydrogens (primary N) is 1. The Morgan fingerprint density at radius 2 is 1.50 bits per heavy atom. The van der Waals surface area contributed by atoms with Gasteiger partial charge in [0, 0.05) is 17.0 Å². The molecule has 3 aromatic rings. The molecule has 0 unspecified atom stereocenters. The molecule has 4 heteroatoms. The van der Waals surface area contributed by atoms with Crippen LogP contribution >= 0.6 is 0 Å². The third kappa shape index (κ3) is 5.28. The van der Waals surface area contributed by atoms with Crippen LogP contribution in [0.25, 0.3) is 0 Å². The van der Waals surface area contributed by atoms with Gasteiger partial charge >= 0.3 is 0 Å². The zero-order valence-electron chi connectivity index (χ0n) is 18.1. The summed E-state index contributed by atoms with van der Waals surface area (Å²) in [4.78, 5) is 13.5. The fourth-order valence-electron chi connectivity index (χ4n) is 3.74. The van der Waals surface area contributed by atoms with Crippen molar-refractivity contribution in [3.8, 4) is 5.75 Å². The Morgan fingerprint density at radius 3 is 2.07 bits per heavy atom. The molecule has 156 valence electrons. The Kier molecular flexibility index (Phi) is 7.26. The number of ether oxygens (including phenoxy) is 1. The van der Waals surface area contributed by atoms with Crippen molar-refractivity contribution in [3.63, 3.8) is 0 Å². The summed E-state index contributed by atoms with van der Waals surface area (Å²) in [5.74, 6) is 0.954.